The number of nitrogens with one attached hydrogen (secondary N) is 2. The molecule has 2 rings (SSSR count). The van der Waals surface area contributed by atoms with Crippen LogP contribution in [0.25, 0.3) is 11.3 Å². The van der Waals surface area contributed by atoms with Crippen molar-refractivity contribution in [1.82, 2.24) is 15.5 Å². The lowest BCUT2D eigenvalue weighted by Crippen LogP contribution is -2.29. The zero-order valence-electron chi connectivity index (χ0n) is 10.5. The van der Waals surface area contributed by atoms with Crippen molar-refractivity contribution >= 4 is 0 Å². The Labute approximate surface area is 110 Å². The first kappa shape index (κ1) is 13.7. The number of aromatic nitrogens is 2. The molecular weight excluding hydrogens is 249 g/mol. The fraction of sp³-hybridized carbons (Fsp3) is 0.308. The minimum atomic E-state index is -1.09. The molecule has 4 N–H and O–H groups in total. The number of H-pyrrole nitrogens is 1. The molecule has 0 saturated heterocycles. The third-order valence-corrected chi connectivity index (χ3v) is 2.88. The molecule has 0 fully saturated rings. The summed E-state index contributed by atoms with van der Waals surface area (Å²) in [6, 6.07) is 5.96. The lowest BCUT2D eigenvalue weighted by Gasteiger charge is -2.17. The van der Waals surface area contributed by atoms with E-state index in [9.17, 15) is 14.6 Å². The Morgan fingerprint density at radius 1 is 1.42 bits per heavy atom. The fourth-order valence-corrected chi connectivity index (χ4v) is 1.92. The Balaban J connectivity index is 2.32. The van der Waals surface area contributed by atoms with E-state index in [0.29, 0.717) is 16.8 Å². The largest absolute Gasteiger partial charge is 0.389 e. The molecular formula is C13H16FN3O2. The van der Waals surface area contributed by atoms with Crippen LogP contribution in [0.4, 0.5) is 4.39 Å². The number of nitrogens with zero attached hydrogens (tertiary/aromatic N) is 1. The highest BCUT2D eigenvalue weighted by atomic mass is 19.1. The van der Waals surface area contributed by atoms with Crippen LogP contribution in [0.5, 0.6) is 0 Å². The van der Waals surface area contributed by atoms with Gasteiger partial charge in [0.05, 0.1) is 18.0 Å². The van der Waals surface area contributed by atoms with E-state index in [4.69, 9.17) is 0 Å². The summed E-state index contributed by atoms with van der Waals surface area (Å²) < 4.78 is 13.2. The first-order chi connectivity index (χ1) is 9.13. The molecule has 0 spiro atoms. The molecule has 0 radical (unpaired) electrons. The van der Waals surface area contributed by atoms with Gasteiger partial charge in [0.1, 0.15) is 11.9 Å². The van der Waals surface area contributed by atoms with Gasteiger partial charge in [-0.1, -0.05) is 12.1 Å². The van der Waals surface area contributed by atoms with Gasteiger partial charge in [0, 0.05) is 17.7 Å². The van der Waals surface area contributed by atoms with Crippen molar-refractivity contribution in [3.63, 3.8) is 0 Å². The van der Waals surface area contributed by atoms with E-state index in [1.165, 1.54) is 18.3 Å². The van der Waals surface area contributed by atoms with Crippen molar-refractivity contribution in [3.8, 4) is 11.3 Å². The molecule has 1 heterocycles. The number of aromatic amines is 1. The minimum Gasteiger partial charge on any atom is -0.389 e. The van der Waals surface area contributed by atoms with Crippen molar-refractivity contribution in [1.29, 1.82) is 0 Å². The number of aliphatic hydroxyl groups excluding tert-OH is 2. The van der Waals surface area contributed by atoms with Crippen LogP contribution in [0.1, 0.15) is 11.7 Å². The summed E-state index contributed by atoms with van der Waals surface area (Å²) in [4.78, 5) is 0. The van der Waals surface area contributed by atoms with Crippen LogP contribution in [-0.4, -0.2) is 40.1 Å². The lowest BCUT2D eigenvalue weighted by molar-refractivity contribution is 0.0206. The van der Waals surface area contributed by atoms with Crippen molar-refractivity contribution in [2.75, 3.05) is 13.6 Å². The van der Waals surface area contributed by atoms with Crippen molar-refractivity contribution < 1.29 is 14.6 Å². The number of aliphatic hydroxyl groups is 2. The van der Waals surface area contributed by atoms with Gasteiger partial charge in [-0.2, -0.15) is 5.10 Å². The molecule has 2 unspecified atom stereocenters. The van der Waals surface area contributed by atoms with Gasteiger partial charge in [-0.3, -0.25) is 5.10 Å². The number of hydrogen-bond donors (Lipinski definition) is 4. The van der Waals surface area contributed by atoms with E-state index >= 15 is 0 Å². The van der Waals surface area contributed by atoms with E-state index in [1.54, 1.807) is 19.2 Å². The smallest absolute Gasteiger partial charge is 0.123 e. The zero-order valence-corrected chi connectivity index (χ0v) is 10.5. The molecule has 0 bridgehead atoms. The number of halogens is 1. The average Bonchev–Trinajstić information content (AvgIpc) is 2.87. The maximum Gasteiger partial charge on any atom is 0.123 e. The van der Waals surface area contributed by atoms with Gasteiger partial charge in [-0.25, -0.2) is 4.39 Å². The van der Waals surface area contributed by atoms with Crippen LogP contribution < -0.4 is 5.32 Å². The normalized spacial score (nSPS) is 14.3. The number of likely N-dealkylation sites (N-methyl/N-ethyl adjacent to an activating group) is 1. The molecule has 102 valence electrons. The molecule has 1 aromatic heterocycles. The average molecular weight is 265 g/mol. The fourth-order valence-electron chi connectivity index (χ4n) is 1.92. The standard InChI is InChI=1S/C13H16FN3O2/c1-15-7-11(18)13(19)10-6-16-17-12(10)8-3-2-4-9(14)5-8/h2-6,11,13,15,18-19H,7H2,1H3,(H,16,17). The highest BCUT2D eigenvalue weighted by molar-refractivity contribution is 5.63. The van der Waals surface area contributed by atoms with Crippen molar-refractivity contribution in [2.45, 2.75) is 12.2 Å². The molecule has 0 saturated carbocycles. The van der Waals surface area contributed by atoms with Crippen LogP contribution in [0.3, 0.4) is 0 Å². The highest BCUT2D eigenvalue weighted by Crippen LogP contribution is 2.28. The van der Waals surface area contributed by atoms with E-state index in [1.807, 2.05) is 0 Å². The summed E-state index contributed by atoms with van der Waals surface area (Å²) in [7, 11) is 1.68. The molecule has 0 aliphatic heterocycles. The summed E-state index contributed by atoms with van der Waals surface area (Å²) in [6.45, 7) is 0.245. The van der Waals surface area contributed by atoms with Gasteiger partial charge >= 0.3 is 0 Å². The molecule has 0 aliphatic carbocycles. The molecule has 19 heavy (non-hydrogen) atoms. The predicted octanol–water partition coefficient (Wildman–Crippen LogP) is 0.829. The van der Waals surface area contributed by atoms with Gasteiger partial charge in [0.2, 0.25) is 0 Å². The Hall–Kier alpha value is -1.76. The first-order valence-electron chi connectivity index (χ1n) is 5.93. The van der Waals surface area contributed by atoms with E-state index < -0.39 is 12.2 Å². The molecule has 2 aromatic rings. The Morgan fingerprint density at radius 2 is 2.21 bits per heavy atom. The van der Waals surface area contributed by atoms with Gasteiger partial charge in [0.25, 0.3) is 0 Å². The van der Waals surface area contributed by atoms with Crippen LogP contribution in [-0.2, 0) is 0 Å². The number of benzene rings is 1. The monoisotopic (exact) mass is 265 g/mol. The summed E-state index contributed by atoms with van der Waals surface area (Å²) in [5.41, 5.74) is 1.51. The number of rotatable bonds is 5. The summed E-state index contributed by atoms with van der Waals surface area (Å²) in [6.07, 6.45) is -0.622. The lowest BCUT2D eigenvalue weighted by atomic mass is 10.0. The molecule has 0 amide bonds. The van der Waals surface area contributed by atoms with Gasteiger partial charge < -0.3 is 15.5 Å². The van der Waals surface area contributed by atoms with Gasteiger partial charge in [-0.15, -0.1) is 0 Å². The van der Waals surface area contributed by atoms with Crippen molar-refractivity contribution in [2.24, 2.45) is 0 Å². The maximum absolute atomic E-state index is 13.2. The Bertz CT molecular complexity index is 544. The second-order valence-corrected chi connectivity index (χ2v) is 4.28. The predicted molar refractivity (Wildman–Crippen MR) is 68.9 cm³/mol. The summed E-state index contributed by atoms with van der Waals surface area (Å²) in [5.74, 6) is -0.372. The third kappa shape index (κ3) is 2.98. The van der Waals surface area contributed by atoms with Gasteiger partial charge in [0.15, 0.2) is 0 Å². The zero-order chi connectivity index (χ0) is 13.8. The SMILES string of the molecule is CNCC(O)C(O)c1cn[nH]c1-c1cccc(F)c1. The van der Waals surface area contributed by atoms with E-state index in [2.05, 4.69) is 15.5 Å². The minimum absolute atomic E-state index is 0.245. The van der Waals surface area contributed by atoms with Gasteiger partial charge in [-0.05, 0) is 19.2 Å². The first-order valence-corrected chi connectivity index (χ1v) is 5.93. The van der Waals surface area contributed by atoms with E-state index in [0.717, 1.165) is 0 Å². The van der Waals surface area contributed by atoms with Crippen LogP contribution in [0, 0.1) is 5.82 Å². The Morgan fingerprint density at radius 3 is 2.89 bits per heavy atom. The van der Waals surface area contributed by atoms with Crippen LogP contribution in [0.15, 0.2) is 30.5 Å². The maximum atomic E-state index is 13.2. The number of hydrogen-bond acceptors (Lipinski definition) is 4. The van der Waals surface area contributed by atoms with Crippen LogP contribution in [0.2, 0.25) is 0 Å². The van der Waals surface area contributed by atoms with E-state index in [-0.39, 0.29) is 12.4 Å². The molecule has 5 nitrogen and oxygen atoms in total. The van der Waals surface area contributed by atoms with Crippen LogP contribution >= 0.6 is 0 Å². The second-order valence-electron chi connectivity index (χ2n) is 4.28. The summed E-state index contributed by atoms with van der Waals surface area (Å²) in [5, 5.41) is 29.2. The van der Waals surface area contributed by atoms with Crippen molar-refractivity contribution in [3.05, 3.63) is 41.8 Å². The quantitative estimate of drug-likeness (QED) is 0.645. The second kappa shape index (κ2) is 5.92. The molecule has 2 atom stereocenters. The topological polar surface area (TPSA) is 81.2 Å². The molecule has 6 heteroatoms. The Kier molecular flexibility index (Phi) is 4.26. The summed E-state index contributed by atoms with van der Waals surface area (Å²) >= 11 is 0. The molecule has 0 aliphatic rings. The highest BCUT2D eigenvalue weighted by Gasteiger charge is 2.22. The molecule has 1 aromatic carbocycles. The third-order valence-electron chi connectivity index (χ3n) is 2.88.